The van der Waals surface area contributed by atoms with Gasteiger partial charge >= 0.3 is 0 Å². The number of nitrogens with zero attached hydrogens (tertiary/aromatic N) is 4. The van der Waals surface area contributed by atoms with Crippen LogP contribution in [-0.4, -0.2) is 19.3 Å². The van der Waals surface area contributed by atoms with Crippen LogP contribution in [0.5, 0.6) is 0 Å². The number of alkyl halides is 1. The van der Waals surface area contributed by atoms with E-state index in [0.717, 1.165) is 36.4 Å². The molecular weight excluding hydrogens is 284 g/mol. The molecule has 0 saturated heterocycles. The van der Waals surface area contributed by atoms with Gasteiger partial charge in [0.05, 0.1) is 16.4 Å². The van der Waals surface area contributed by atoms with Crippen LogP contribution in [0.1, 0.15) is 30.1 Å². The maximum absolute atomic E-state index is 6.30. The predicted octanol–water partition coefficient (Wildman–Crippen LogP) is 3.93. The Morgan fingerprint density at radius 1 is 1.29 bits per heavy atom. The lowest BCUT2D eigenvalue weighted by Gasteiger charge is -2.11. The Morgan fingerprint density at radius 3 is 2.86 bits per heavy atom. The van der Waals surface area contributed by atoms with Crippen LogP contribution in [0, 0.1) is 6.92 Å². The van der Waals surface area contributed by atoms with Crippen molar-refractivity contribution >= 4 is 22.6 Å². The van der Waals surface area contributed by atoms with Gasteiger partial charge in [0.2, 0.25) is 0 Å². The Morgan fingerprint density at radius 2 is 2.14 bits per heavy atom. The minimum absolute atomic E-state index is 0.0950. The van der Waals surface area contributed by atoms with Crippen molar-refractivity contribution in [2.45, 2.75) is 38.7 Å². The standard InChI is InChI=1S/C16H19ClN4/c1-12-5-6-14-15(11-12)21(16(19-14)13(2)17)10-4-9-20-8-3-7-18-20/h3,5-8,11,13H,4,9-10H2,1-2H3. The van der Waals surface area contributed by atoms with Crippen molar-refractivity contribution in [1.82, 2.24) is 19.3 Å². The average Bonchev–Trinajstić information content (AvgIpc) is 3.07. The van der Waals surface area contributed by atoms with E-state index in [1.165, 1.54) is 5.56 Å². The molecule has 1 atom stereocenters. The van der Waals surface area contributed by atoms with E-state index in [0.29, 0.717) is 0 Å². The number of fused-ring (bicyclic) bond motifs is 1. The van der Waals surface area contributed by atoms with Crippen molar-refractivity contribution in [1.29, 1.82) is 0 Å². The average molecular weight is 303 g/mol. The first-order valence-corrected chi connectivity index (χ1v) is 7.67. The molecule has 0 saturated carbocycles. The van der Waals surface area contributed by atoms with Crippen LogP contribution >= 0.6 is 11.6 Å². The Hall–Kier alpha value is -1.81. The van der Waals surface area contributed by atoms with Gasteiger partial charge in [-0.3, -0.25) is 4.68 Å². The largest absolute Gasteiger partial charge is 0.327 e. The summed E-state index contributed by atoms with van der Waals surface area (Å²) in [4.78, 5) is 4.68. The molecule has 0 amide bonds. The quantitative estimate of drug-likeness (QED) is 0.669. The van der Waals surface area contributed by atoms with Crippen LogP contribution in [0.4, 0.5) is 0 Å². The highest BCUT2D eigenvalue weighted by atomic mass is 35.5. The zero-order valence-corrected chi connectivity index (χ0v) is 13.1. The molecule has 0 aliphatic rings. The van der Waals surface area contributed by atoms with Crippen molar-refractivity contribution in [3.8, 4) is 0 Å². The molecule has 0 radical (unpaired) electrons. The molecule has 5 heteroatoms. The Kier molecular flexibility index (Phi) is 3.97. The molecular formula is C16H19ClN4. The Labute approximate surface area is 129 Å². The molecule has 0 N–H and O–H groups in total. The fourth-order valence-electron chi connectivity index (χ4n) is 2.61. The lowest BCUT2D eigenvalue weighted by Crippen LogP contribution is -2.08. The summed E-state index contributed by atoms with van der Waals surface area (Å²) < 4.78 is 4.19. The van der Waals surface area contributed by atoms with Crippen LogP contribution in [0.3, 0.4) is 0 Å². The number of imidazole rings is 1. The van der Waals surface area contributed by atoms with Crippen molar-refractivity contribution < 1.29 is 0 Å². The number of hydrogen-bond donors (Lipinski definition) is 0. The fraction of sp³-hybridized carbons (Fsp3) is 0.375. The van der Waals surface area contributed by atoms with Gasteiger partial charge in [-0.05, 0) is 44.0 Å². The molecule has 2 heterocycles. The minimum Gasteiger partial charge on any atom is -0.327 e. The maximum Gasteiger partial charge on any atom is 0.127 e. The number of aryl methyl sites for hydroxylation is 3. The topological polar surface area (TPSA) is 35.6 Å². The molecule has 4 nitrogen and oxygen atoms in total. The zero-order chi connectivity index (χ0) is 14.8. The summed E-state index contributed by atoms with van der Waals surface area (Å²) >= 11 is 6.30. The number of benzene rings is 1. The molecule has 0 fully saturated rings. The van der Waals surface area contributed by atoms with Crippen molar-refractivity contribution in [3.63, 3.8) is 0 Å². The number of halogens is 1. The first-order valence-electron chi connectivity index (χ1n) is 7.23. The van der Waals surface area contributed by atoms with Crippen LogP contribution in [0.15, 0.2) is 36.7 Å². The summed E-state index contributed by atoms with van der Waals surface area (Å²) in [5.41, 5.74) is 3.42. The molecule has 0 aliphatic carbocycles. The zero-order valence-electron chi connectivity index (χ0n) is 12.3. The molecule has 0 spiro atoms. The van der Waals surface area contributed by atoms with Gasteiger partial charge in [0.1, 0.15) is 5.82 Å². The van der Waals surface area contributed by atoms with E-state index in [9.17, 15) is 0 Å². The summed E-state index contributed by atoms with van der Waals surface area (Å²) in [7, 11) is 0. The van der Waals surface area contributed by atoms with E-state index in [1.54, 1.807) is 0 Å². The van der Waals surface area contributed by atoms with E-state index < -0.39 is 0 Å². The van der Waals surface area contributed by atoms with Crippen LogP contribution in [0.25, 0.3) is 11.0 Å². The van der Waals surface area contributed by atoms with E-state index in [1.807, 2.05) is 30.1 Å². The molecule has 1 aromatic carbocycles. The van der Waals surface area contributed by atoms with Crippen molar-refractivity contribution in [2.24, 2.45) is 0 Å². The van der Waals surface area contributed by atoms with Gasteiger partial charge in [-0.1, -0.05) is 6.07 Å². The molecule has 21 heavy (non-hydrogen) atoms. The second-order valence-electron chi connectivity index (χ2n) is 5.35. The number of rotatable bonds is 5. The second-order valence-corrected chi connectivity index (χ2v) is 6.01. The highest BCUT2D eigenvalue weighted by Crippen LogP contribution is 2.25. The van der Waals surface area contributed by atoms with Crippen LogP contribution in [0.2, 0.25) is 0 Å². The Balaban J connectivity index is 1.87. The molecule has 0 aliphatic heterocycles. The summed E-state index contributed by atoms with van der Waals surface area (Å²) in [6.45, 7) is 5.87. The number of hydrogen-bond acceptors (Lipinski definition) is 2. The first-order chi connectivity index (χ1) is 10.1. The molecule has 1 unspecified atom stereocenters. The molecule has 110 valence electrons. The third-order valence-corrected chi connectivity index (χ3v) is 3.81. The van der Waals surface area contributed by atoms with Crippen LogP contribution in [-0.2, 0) is 13.1 Å². The third-order valence-electron chi connectivity index (χ3n) is 3.62. The van der Waals surface area contributed by atoms with E-state index in [-0.39, 0.29) is 5.38 Å². The lowest BCUT2D eigenvalue weighted by molar-refractivity contribution is 0.523. The molecule has 3 rings (SSSR count). The van der Waals surface area contributed by atoms with Gasteiger partial charge in [-0.2, -0.15) is 5.10 Å². The first kappa shape index (κ1) is 14.1. The highest BCUT2D eigenvalue weighted by molar-refractivity contribution is 6.20. The molecule has 3 aromatic rings. The summed E-state index contributed by atoms with van der Waals surface area (Å²) in [5, 5.41) is 4.14. The summed E-state index contributed by atoms with van der Waals surface area (Å²) in [5.74, 6) is 0.942. The van der Waals surface area contributed by atoms with Gasteiger partial charge in [0.25, 0.3) is 0 Å². The Bertz CT molecular complexity index is 728. The maximum atomic E-state index is 6.30. The van der Waals surface area contributed by atoms with Gasteiger partial charge < -0.3 is 4.57 Å². The van der Waals surface area contributed by atoms with Gasteiger partial charge in [0, 0.05) is 25.5 Å². The predicted molar refractivity (Wildman–Crippen MR) is 85.6 cm³/mol. The molecule has 2 aromatic heterocycles. The second kappa shape index (κ2) is 5.90. The molecule has 0 bridgehead atoms. The minimum atomic E-state index is -0.0950. The smallest absolute Gasteiger partial charge is 0.127 e. The summed E-state index contributed by atoms with van der Waals surface area (Å²) in [6, 6.07) is 8.28. The van der Waals surface area contributed by atoms with Gasteiger partial charge in [-0.15, -0.1) is 11.6 Å². The number of aromatic nitrogens is 4. The normalized spacial score (nSPS) is 12.9. The van der Waals surface area contributed by atoms with Crippen molar-refractivity contribution in [2.75, 3.05) is 0 Å². The highest BCUT2D eigenvalue weighted by Gasteiger charge is 2.14. The van der Waals surface area contributed by atoms with E-state index >= 15 is 0 Å². The lowest BCUT2D eigenvalue weighted by atomic mass is 10.2. The monoisotopic (exact) mass is 302 g/mol. The third kappa shape index (κ3) is 2.95. The fourth-order valence-corrected chi connectivity index (χ4v) is 2.78. The van der Waals surface area contributed by atoms with Crippen molar-refractivity contribution in [3.05, 3.63) is 48.0 Å². The van der Waals surface area contributed by atoms with E-state index in [2.05, 4.69) is 39.8 Å². The van der Waals surface area contributed by atoms with Gasteiger partial charge in [0.15, 0.2) is 0 Å². The van der Waals surface area contributed by atoms with Crippen LogP contribution < -0.4 is 0 Å². The van der Waals surface area contributed by atoms with Gasteiger partial charge in [-0.25, -0.2) is 4.98 Å². The summed E-state index contributed by atoms with van der Waals surface area (Å²) in [6.07, 6.45) is 4.79. The SMILES string of the molecule is Cc1ccc2nc(C(C)Cl)n(CCCn3cccn3)c2c1. The van der Waals surface area contributed by atoms with E-state index in [4.69, 9.17) is 11.6 Å².